The molecule has 0 saturated carbocycles. The first kappa shape index (κ1) is 26.9. The topological polar surface area (TPSA) is 151 Å². The molecule has 2 heterocycles. The van der Waals surface area contributed by atoms with Crippen LogP contribution in [0, 0.1) is 5.92 Å². The van der Waals surface area contributed by atoms with E-state index in [9.17, 15) is 26.7 Å². The molecule has 3 atom stereocenters. The van der Waals surface area contributed by atoms with Gasteiger partial charge in [0.1, 0.15) is 11.9 Å². The highest BCUT2D eigenvalue weighted by atomic mass is 32.2. The highest BCUT2D eigenvalue weighted by Gasteiger charge is 2.35. The van der Waals surface area contributed by atoms with Crippen molar-refractivity contribution < 1.29 is 31.5 Å². The number of anilines is 1. The van der Waals surface area contributed by atoms with Gasteiger partial charge in [-0.25, -0.2) is 21.8 Å². The molecule has 0 saturated heterocycles. The van der Waals surface area contributed by atoms with Gasteiger partial charge in [-0.05, 0) is 25.1 Å². The summed E-state index contributed by atoms with van der Waals surface area (Å²) >= 11 is 0. The number of likely N-dealkylation sites (N-methyl/N-ethyl adjacent to an activating group) is 1. The number of hydrogen-bond acceptors (Lipinski definition) is 8. The quantitative estimate of drug-likeness (QED) is 0.497. The number of benzene rings is 1. The van der Waals surface area contributed by atoms with Gasteiger partial charge in [-0.1, -0.05) is 6.92 Å². The molecule has 3 rings (SSSR count). The standard InChI is InChI=1S/C21H31N5O7S2/c1-14-9-26(15(2)12-27)21(28)17-8-16(23-34(5,29)30)6-7-18(17)33-19(14)10-25(4)35(31,32)20-11-24(3)13-22-20/h6-8,11,13-15,19,23,27H,9-10,12H2,1-5H3/t14-,15+,19+/m0/s1. The van der Waals surface area contributed by atoms with E-state index in [1.165, 1.54) is 47.2 Å². The fraction of sp³-hybridized carbons (Fsp3) is 0.524. The third-order valence-electron chi connectivity index (χ3n) is 5.76. The molecule has 14 heteroatoms. The van der Waals surface area contributed by atoms with Gasteiger partial charge in [-0.3, -0.25) is 9.52 Å². The summed E-state index contributed by atoms with van der Waals surface area (Å²) in [6.45, 7) is 3.40. The smallest absolute Gasteiger partial charge is 0.261 e. The van der Waals surface area contributed by atoms with Crippen molar-refractivity contribution in [2.24, 2.45) is 13.0 Å². The van der Waals surface area contributed by atoms with Crippen molar-refractivity contribution in [3.8, 4) is 5.75 Å². The number of hydrogen-bond donors (Lipinski definition) is 2. The summed E-state index contributed by atoms with van der Waals surface area (Å²) < 4.78 is 60.6. The van der Waals surface area contributed by atoms with E-state index in [2.05, 4.69) is 9.71 Å². The zero-order valence-electron chi connectivity index (χ0n) is 20.2. The van der Waals surface area contributed by atoms with Crippen LogP contribution in [0.2, 0.25) is 0 Å². The molecule has 194 valence electrons. The number of amides is 1. The zero-order valence-corrected chi connectivity index (χ0v) is 21.9. The predicted octanol–water partition coefficient (Wildman–Crippen LogP) is 0.332. The van der Waals surface area contributed by atoms with E-state index in [0.29, 0.717) is 0 Å². The number of sulfonamides is 2. The summed E-state index contributed by atoms with van der Waals surface area (Å²) in [6, 6.07) is 3.78. The lowest BCUT2D eigenvalue weighted by molar-refractivity contribution is 0.0387. The van der Waals surface area contributed by atoms with Crippen molar-refractivity contribution >= 4 is 31.6 Å². The Morgan fingerprint density at radius 1 is 1.31 bits per heavy atom. The molecule has 2 aromatic rings. The first-order chi connectivity index (χ1) is 16.2. The molecule has 0 bridgehead atoms. The zero-order chi connectivity index (χ0) is 26.1. The molecule has 0 unspecified atom stereocenters. The number of aryl methyl sites for hydroxylation is 1. The van der Waals surface area contributed by atoms with E-state index in [-0.39, 0.29) is 47.6 Å². The number of imidazole rings is 1. The summed E-state index contributed by atoms with van der Waals surface area (Å²) in [5, 5.41) is 9.65. The molecule has 1 aliphatic rings. The molecule has 1 aromatic heterocycles. The van der Waals surface area contributed by atoms with E-state index in [1.807, 2.05) is 6.92 Å². The SMILES string of the molecule is C[C@H](CO)N1C[C@H](C)[C@@H](CN(C)S(=O)(=O)c2cn(C)cn2)Oc2ccc(NS(C)(=O)=O)cc2C1=O. The Kier molecular flexibility index (Phi) is 7.79. The van der Waals surface area contributed by atoms with Gasteiger partial charge in [0.15, 0.2) is 5.03 Å². The second-order valence-electron chi connectivity index (χ2n) is 8.87. The summed E-state index contributed by atoms with van der Waals surface area (Å²) in [4.78, 5) is 18.8. The van der Waals surface area contributed by atoms with E-state index in [4.69, 9.17) is 4.74 Å². The molecular weight excluding hydrogens is 498 g/mol. The molecule has 1 aromatic carbocycles. The minimum absolute atomic E-state index is 0.0294. The fourth-order valence-corrected chi connectivity index (χ4v) is 5.45. The molecular formula is C21H31N5O7S2. The number of nitrogens with zero attached hydrogens (tertiary/aromatic N) is 4. The number of carbonyl (C=O) groups is 1. The molecule has 0 radical (unpaired) electrons. The normalized spacial score (nSPS) is 20.1. The van der Waals surface area contributed by atoms with E-state index in [1.54, 1.807) is 14.0 Å². The van der Waals surface area contributed by atoms with Gasteiger partial charge < -0.3 is 19.3 Å². The van der Waals surface area contributed by atoms with Crippen molar-refractivity contribution in [1.82, 2.24) is 18.8 Å². The van der Waals surface area contributed by atoms with Crippen molar-refractivity contribution in [3.63, 3.8) is 0 Å². The van der Waals surface area contributed by atoms with Crippen LogP contribution in [-0.2, 0) is 27.1 Å². The largest absolute Gasteiger partial charge is 0.488 e. The molecule has 1 aliphatic heterocycles. The lowest BCUT2D eigenvalue weighted by Gasteiger charge is -2.38. The van der Waals surface area contributed by atoms with Crippen LogP contribution >= 0.6 is 0 Å². The molecule has 12 nitrogen and oxygen atoms in total. The molecule has 35 heavy (non-hydrogen) atoms. The minimum atomic E-state index is -3.89. The first-order valence-corrected chi connectivity index (χ1v) is 14.2. The average molecular weight is 530 g/mol. The Labute approximate surface area is 205 Å². The van der Waals surface area contributed by atoms with Crippen LogP contribution in [0.5, 0.6) is 5.75 Å². The Hall–Kier alpha value is -2.68. The van der Waals surface area contributed by atoms with Crippen LogP contribution in [-0.4, -0.2) is 91.8 Å². The van der Waals surface area contributed by atoms with Crippen LogP contribution in [0.1, 0.15) is 24.2 Å². The highest BCUT2D eigenvalue weighted by Crippen LogP contribution is 2.31. The molecule has 0 spiro atoms. The lowest BCUT2D eigenvalue weighted by atomic mass is 9.99. The summed E-state index contributed by atoms with van der Waals surface area (Å²) in [5.74, 6) is -0.556. The van der Waals surface area contributed by atoms with Crippen LogP contribution in [0.25, 0.3) is 0 Å². The van der Waals surface area contributed by atoms with Gasteiger partial charge >= 0.3 is 0 Å². The van der Waals surface area contributed by atoms with Crippen LogP contribution < -0.4 is 9.46 Å². The fourth-order valence-electron chi connectivity index (χ4n) is 3.75. The number of fused-ring (bicyclic) bond motifs is 1. The molecule has 2 N–H and O–H groups in total. The Bertz CT molecular complexity index is 1290. The maximum absolute atomic E-state index is 13.4. The Balaban J connectivity index is 1.99. The third-order valence-corrected chi connectivity index (χ3v) is 8.08. The van der Waals surface area contributed by atoms with Gasteiger partial charge in [-0.2, -0.15) is 4.31 Å². The van der Waals surface area contributed by atoms with Crippen LogP contribution in [0.3, 0.4) is 0 Å². The lowest BCUT2D eigenvalue weighted by Crippen LogP contribution is -2.50. The monoisotopic (exact) mass is 529 g/mol. The molecule has 0 aliphatic carbocycles. The van der Waals surface area contributed by atoms with Gasteiger partial charge in [0.2, 0.25) is 10.0 Å². The van der Waals surface area contributed by atoms with E-state index < -0.39 is 38.1 Å². The highest BCUT2D eigenvalue weighted by molar-refractivity contribution is 7.92. The summed E-state index contributed by atoms with van der Waals surface area (Å²) in [7, 11) is -4.37. The second-order valence-corrected chi connectivity index (χ2v) is 12.6. The number of carbonyl (C=O) groups excluding carboxylic acids is 1. The maximum atomic E-state index is 13.4. The summed E-state index contributed by atoms with van der Waals surface area (Å²) in [5.41, 5.74) is 0.283. The second kappa shape index (κ2) is 10.1. The van der Waals surface area contributed by atoms with Gasteiger partial charge in [0.25, 0.3) is 15.9 Å². The molecule has 0 fully saturated rings. The van der Waals surface area contributed by atoms with E-state index >= 15 is 0 Å². The number of aromatic nitrogens is 2. The molecule has 1 amide bonds. The number of rotatable bonds is 8. The Morgan fingerprint density at radius 2 is 2.00 bits per heavy atom. The van der Waals surface area contributed by atoms with E-state index in [0.717, 1.165) is 10.6 Å². The van der Waals surface area contributed by atoms with Crippen LogP contribution in [0.4, 0.5) is 5.69 Å². The number of ether oxygens (including phenoxy) is 1. The average Bonchev–Trinajstić information content (AvgIpc) is 3.22. The van der Waals surface area contributed by atoms with Gasteiger partial charge in [0, 0.05) is 38.4 Å². The number of nitrogens with one attached hydrogen (secondary N) is 1. The number of aliphatic hydroxyl groups excluding tert-OH is 1. The third kappa shape index (κ3) is 6.12. The first-order valence-electron chi connectivity index (χ1n) is 10.9. The summed E-state index contributed by atoms with van der Waals surface area (Å²) in [6.07, 6.45) is 3.14. The van der Waals surface area contributed by atoms with Crippen molar-refractivity contribution in [2.75, 3.05) is 37.7 Å². The predicted molar refractivity (Wildman–Crippen MR) is 129 cm³/mol. The van der Waals surface area contributed by atoms with Crippen LogP contribution in [0.15, 0.2) is 35.7 Å². The van der Waals surface area contributed by atoms with Gasteiger partial charge in [-0.15, -0.1) is 0 Å². The number of aliphatic hydroxyl groups is 1. The van der Waals surface area contributed by atoms with Crippen molar-refractivity contribution in [3.05, 3.63) is 36.3 Å². The van der Waals surface area contributed by atoms with Crippen molar-refractivity contribution in [2.45, 2.75) is 31.0 Å². The van der Waals surface area contributed by atoms with Crippen molar-refractivity contribution in [1.29, 1.82) is 0 Å². The van der Waals surface area contributed by atoms with Gasteiger partial charge in [0.05, 0.1) is 37.3 Å². The minimum Gasteiger partial charge on any atom is -0.488 e. The maximum Gasteiger partial charge on any atom is 0.261 e. The Morgan fingerprint density at radius 3 is 2.57 bits per heavy atom.